The van der Waals surface area contributed by atoms with Gasteiger partial charge in [-0.2, -0.15) is 0 Å². The van der Waals surface area contributed by atoms with Crippen LogP contribution in [-0.4, -0.2) is 46.0 Å². The van der Waals surface area contributed by atoms with E-state index in [-0.39, 0.29) is 127 Å². The topological polar surface area (TPSA) is 143 Å². The van der Waals surface area contributed by atoms with E-state index in [1.807, 2.05) is 0 Å². The van der Waals surface area contributed by atoms with Gasteiger partial charge < -0.3 is 14.1 Å². The molecular weight excluding hydrogens is 647 g/mol. The summed E-state index contributed by atoms with van der Waals surface area (Å²) >= 11 is 5.60. The van der Waals surface area contributed by atoms with Crippen LogP contribution in [0.1, 0.15) is 128 Å². The van der Waals surface area contributed by atoms with Crippen molar-refractivity contribution in [3.63, 3.8) is 0 Å². The third kappa shape index (κ3) is 17.1. The summed E-state index contributed by atoms with van der Waals surface area (Å²) in [6, 6.07) is 2.58. The molecule has 0 saturated carbocycles. The minimum absolute atomic E-state index is 0. The average Bonchev–Trinajstić information content (AvgIpc) is 3.29. The number of fused-ring (bicyclic) bond motifs is 1. The SMILES string of the molecule is CCCCCCCCCCCCCCCC(=S)Cc1cc(S(=O)(=O)[O-])cc2[nH]c(CCC(CC)S(=O)(=O)[O-])nc12.[K+].[K+]. The first-order valence-electron chi connectivity index (χ1n) is 14.9. The van der Waals surface area contributed by atoms with Gasteiger partial charge in [-0.1, -0.05) is 103 Å². The molecule has 0 spiro atoms. The number of hydrogen-bond acceptors (Lipinski definition) is 8. The number of rotatable bonds is 22. The van der Waals surface area contributed by atoms with Gasteiger partial charge in [-0.3, -0.25) is 0 Å². The minimum atomic E-state index is -4.70. The Morgan fingerprint density at radius 2 is 1.38 bits per heavy atom. The molecule has 1 aromatic carbocycles. The van der Waals surface area contributed by atoms with Gasteiger partial charge in [-0.05, 0) is 48.2 Å². The van der Waals surface area contributed by atoms with Crippen molar-refractivity contribution in [1.29, 1.82) is 0 Å². The van der Waals surface area contributed by atoms with Crippen molar-refractivity contribution in [2.75, 3.05) is 0 Å². The Morgan fingerprint density at radius 1 is 0.857 bits per heavy atom. The number of hydrogen-bond donors (Lipinski definition) is 1. The second-order valence-electron chi connectivity index (χ2n) is 10.9. The van der Waals surface area contributed by atoms with Gasteiger partial charge in [0.15, 0.2) is 0 Å². The van der Waals surface area contributed by atoms with Crippen LogP contribution < -0.4 is 103 Å². The maximum absolute atomic E-state index is 11.8. The molecular formula is C29H46K2N2O6S3. The summed E-state index contributed by atoms with van der Waals surface area (Å²) in [5.41, 5.74) is 1.44. The molecule has 1 atom stereocenters. The van der Waals surface area contributed by atoms with Crippen molar-refractivity contribution in [2.24, 2.45) is 0 Å². The normalized spacial score (nSPS) is 12.6. The molecule has 0 bridgehead atoms. The third-order valence-electron chi connectivity index (χ3n) is 7.49. The summed E-state index contributed by atoms with van der Waals surface area (Å²) in [4.78, 5) is 7.95. The van der Waals surface area contributed by atoms with Crippen LogP contribution in [0.2, 0.25) is 0 Å². The minimum Gasteiger partial charge on any atom is -0.748 e. The Kier molecular flexibility index (Phi) is 24.3. The van der Waals surface area contributed by atoms with Crippen molar-refractivity contribution in [3.05, 3.63) is 23.5 Å². The smallest absolute Gasteiger partial charge is 0.748 e. The Bertz CT molecular complexity index is 1280. The van der Waals surface area contributed by atoms with Gasteiger partial charge in [0.1, 0.15) is 15.9 Å². The Hall–Kier alpha value is 1.87. The van der Waals surface area contributed by atoms with Crippen LogP contribution in [0.4, 0.5) is 0 Å². The van der Waals surface area contributed by atoms with Gasteiger partial charge in [0.25, 0.3) is 0 Å². The maximum Gasteiger partial charge on any atom is 1.00 e. The van der Waals surface area contributed by atoms with E-state index in [0.717, 1.165) is 24.1 Å². The van der Waals surface area contributed by atoms with E-state index in [0.29, 0.717) is 28.8 Å². The third-order valence-corrected chi connectivity index (χ3v) is 10.0. The largest absolute Gasteiger partial charge is 1.00 e. The predicted molar refractivity (Wildman–Crippen MR) is 163 cm³/mol. The summed E-state index contributed by atoms with van der Waals surface area (Å²) < 4.78 is 69.6. The maximum atomic E-state index is 11.8. The van der Waals surface area contributed by atoms with E-state index in [4.69, 9.17) is 12.2 Å². The summed E-state index contributed by atoms with van der Waals surface area (Å²) in [5, 5.41) is -1.02. The van der Waals surface area contributed by atoms with E-state index in [9.17, 15) is 25.9 Å². The fourth-order valence-corrected chi connectivity index (χ4v) is 6.76. The zero-order chi connectivity index (χ0) is 29.6. The van der Waals surface area contributed by atoms with E-state index in [2.05, 4.69) is 16.9 Å². The van der Waals surface area contributed by atoms with Crippen molar-refractivity contribution < 1.29 is 129 Å². The van der Waals surface area contributed by atoms with Gasteiger partial charge in [-0.15, -0.1) is 0 Å². The van der Waals surface area contributed by atoms with E-state index in [1.165, 1.54) is 82.8 Å². The molecule has 1 N–H and O–H groups in total. The van der Waals surface area contributed by atoms with Crippen molar-refractivity contribution in [2.45, 2.75) is 140 Å². The number of imidazole rings is 1. The van der Waals surface area contributed by atoms with Gasteiger partial charge in [-0.25, -0.2) is 21.8 Å². The summed E-state index contributed by atoms with van der Waals surface area (Å²) in [6.45, 7) is 3.88. The van der Waals surface area contributed by atoms with Gasteiger partial charge in [0.2, 0.25) is 0 Å². The monoisotopic (exact) mass is 692 g/mol. The fraction of sp³-hybridized carbons (Fsp3) is 0.724. The number of benzene rings is 1. The standard InChI is InChI=1S/C29H48N2O6S3.2K/c1-3-5-6-7-8-9-10-11-12-13-14-15-16-17-24(38)20-23-21-26(40(35,36)37)22-27-29(23)31-28(30-27)19-18-25(4-2)39(32,33)34;;/h21-22,25H,3-20H2,1-2H3,(H,30,31)(H,32,33,34)(H,35,36,37);;/q;2*+1/p-2. The molecule has 0 aliphatic heterocycles. The van der Waals surface area contributed by atoms with Crippen molar-refractivity contribution in [1.82, 2.24) is 9.97 Å². The Balaban J connectivity index is 0.00000840. The summed E-state index contributed by atoms with van der Waals surface area (Å²) in [7, 11) is -9.11. The van der Waals surface area contributed by atoms with Gasteiger partial charge in [0, 0.05) is 18.1 Å². The molecule has 1 unspecified atom stereocenters. The van der Waals surface area contributed by atoms with Gasteiger partial charge >= 0.3 is 103 Å². The average molecular weight is 693 g/mol. The summed E-state index contributed by atoms with van der Waals surface area (Å²) in [5.74, 6) is 0.432. The molecule has 228 valence electrons. The van der Waals surface area contributed by atoms with E-state index in [1.54, 1.807) is 6.92 Å². The van der Waals surface area contributed by atoms with E-state index < -0.39 is 25.5 Å². The molecule has 0 aliphatic rings. The Morgan fingerprint density at radius 3 is 1.86 bits per heavy atom. The number of nitrogens with one attached hydrogen (secondary N) is 1. The molecule has 8 nitrogen and oxygen atoms in total. The number of aromatic nitrogens is 2. The first-order valence-corrected chi connectivity index (χ1v) is 18.2. The molecule has 0 saturated heterocycles. The molecule has 42 heavy (non-hydrogen) atoms. The van der Waals surface area contributed by atoms with Crippen LogP contribution in [0.3, 0.4) is 0 Å². The van der Waals surface area contributed by atoms with Crippen molar-refractivity contribution in [3.8, 4) is 0 Å². The van der Waals surface area contributed by atoms with Crippen LogP contribution >= 0.6 is 12.2 Å². The zero-order valence-electron chi connectivity index (χ0n) is 26.1. The van der Waals surface area contributed by atoms with Crippen LogP contribution in [-0.2, 0) is 33.1 Å². The molecule has 2 aromatic rings. The Labute approximate surface area is 344 Å². The van der Waals surface area contributed by atoms with Crippen LogP contribution in [0.25, 0.3) is 11.0 Å². The number of unbranched alkanes of at least 4 members (excludes halogenated alkanes) is 12. The van der Waals surface area contributed by atoms with Crippen LogP contribution in [0.5, 0.6) is 0 Å². The fourth-order valence-electron chi connectivity index (χ4n) is 5.10. The van der Waals surface area contributed by atoms with Crippen LogP contribution in [0.15, 0.2) is 17.0 Å². The zero-order valence-corrected chi connectivity index (χ0v) is 34.8. The first kappa shape index (κ1) is 43.9. The van der Waals surface area contributed by atoms with E-state index >= 15 is 0 Å². The molecule has 0 fully saturated rings. The number of H-pyrrole nitrogens is 1. The summed E-state index contributed by atoms with van der Waals surface area (Å²) in [6.07, 6.45) is 18.0. The molecule has 13 heteroatoms. The number of thiocarbonyl (C=S) groups is 1. The number of aryl methyl sites for hydroxylation is 1. The number of aromatic amines is 1. The second kappa shape index (κ2) is 23.2. The van der Waals surface area contributed by atoms with Crippen molar-refractivity contribution >= 4 is 48.4 Å². The first-order chi connectivity index (χ1) is 19.0. The quantitative estimate of drug-likeness (QED) is 0.0838. The van der Waals surface area contributed by atoms with Crippen LogP contribution in [0, 0.1) is 0 Å². The molecule has 0 radical (unpaired) electrons. The molecule has 0 amide bonds. The molecule has 1 aromatic heterocycles. The molecule has 0 aliphatic carbocycles. The number of nitrogens with zero attached hydrogens (tertiary/aromatic N) is 1. The molecule has 2 rings (SSSR count). The molecule has 1 heterocycles. The van der Waals surface area contributed by atoms with Gasteiger partial charge in [0.05, 0.1) is 26.0 Å². The second-order valence-corrected chi connectivity index (χ2v) is 14.5. The predicted octanol–water partition coefficient (Wildman–Crippen LogP) is 1.13.